The number of alkyl halides is 3. The minimum atomic E-state index is -4.15. The molecule has 1 aromatic carbocycles. The van der Waals surface area contributed by atoms with Crippen molar-refractivity contribution >= 4 is 10.9 Å². The van der Waals surface area contributed by atoms with Crippen LogP contribution in [0.15, 0.2) is 18.3 Å². The molecule has 0 fully saturated rings. The summed E-state index contributed by atoms with van der Waals surface area (Å²) in [4.78, 5) is 0. The van der Waals surface area contributed by atoms with E-state index < -0.39 is 12.7 Å². The average Bonchev–Trinajstić information content (AvgIpc) is 2.97. The number of halogens is 3. The fourth-order valence-electron chi connectivity index (χ4n) is 2.91. The van der Waals surface area contributed by atoms with Crippen LogP contribution >= 0.6 is 0 Å². The molecule has 6 heteroatoms. The highest BCUT2D eigenvalue weighted by Gasteiger charge is 2.26. The summed E-state index contributed by atoms with van der Waals surface area (Å²) in [6.45, 7) is 1.15. The molecule has 2 aromatic rings. The van der Waals surface area contributed by atoms with Crippen molar-refractivity contribution < 1.29 is 13.2 Å². The average molecular weight is 297 g/mol. The van der Waals surface area contributed by atoms with Crippen LogP contribution in [0.4, 0.5) is 13.2 Å². The number of nitrogens with zero attached hydrogens (tertiary/aromatic N) is 1. The fourth-order valence-corrected chi connectivity index (χ4v) is 2.91. The predicted molar refractivity (Wildman–Crippen MR) is 76.1 cm³/mol. The molecule has 0 saturated carbocycles. The van der Waals surface area contributed by atoms with Gasteiger partial charge in [0.05, 0.1) is 6.54 Å². The van der Waals surface area contributed by atoms with E-state index in [-0.39, 0.29) is 0 Å². The molecular formula is C15H18F3N3. The number of aryl methyl sites for hydroxylation is 1. The highest BCUT2D eigenvalue weighted by Crippen LogP contribution is 2.27. The SMILES string of the molecule is Cn1cc(CCNCC(F)(F)F)c2cc3c(cc21)CNC3. The molecule has 1 aromatic heterocycles. The molecule has 0 saturated heterocycles. The number of rotatable bonds is 4. The summed E-state index contributed by atoms with van der Waals surface area (Å²) in [5, 5.41) is 6.91. The van der Waals surface area contributed by atoms with Crippen LogP contribution in [0.1, 0.15) is 16.7 Å². The van der Waals surface area contributed by atoms with Crippen LogP contribution in [0.2, 0.25) is 0 Å². The van der Waals surface area contributed by atoms with Gasteiger partial charge in [-0.3, -0.25) is 0 Å². The van der Waals surface area contributed by atoms with Gasteiger partial charge in [-0.15, -0.1) is 0 Å². The standard InChI is InChI=1S/C15H18F3N3/c1-21-8-10(2-3-19-9-15(16,17)18)13-4-11-6-20-7-12(11)5-14(13)21/h4-5,8,19-20H,2-3,6-7,9H2,1H3. The second kappa shape index (κ2) is 5.35. The van der Waals surface area contributed by atoms with Gasteiger partial charge < -0.3 is 15.2 Å². The van der Waals surface area contributed by atoms with E-state index in [9.17, 15) is 13.2 Å². The molecule has 21 heavy (non-hydrogen) atoms. The maximum Gasteiger partial charge on any atom is 0.401 e. The summed E-state index contributed by atoms with van der Waals surface area (Å²) in [6, 6.07) is 4.35. The topological polar surface area (TPSA) is 29.0 Å². The van der Waals surface area contributed by atoms with Gasteiger partial charge in [0.15, 0.2) is 0 Å². The first kappa shape index (κ1) is 14.4. The van der Waals surface area contributed by atoms with Gasteiger partial charge in [0, 0.05) is 37.2 Å². The van der Waals surface area contributed by atoms with Crippen LogP contribution in [0.5, 0.6) is 0 Å². The molecule has 0 radical (unpaired) electrons. The third-order valence-electron chi connectivity index (χ3n) is 3.92. The van der Waals surface area contributed by atoms with Crippen molar-refractivity contribution in [3.63, 3.8) is 0 Å². The van der Waals surface area contributed by atoms with E-state index in [1.54, 1.807) is 0 Å². The second-order valence-corrected chi connectivity index (χ2v) is 5.55. The van der Waals surface area contributed by atoms with Gasteiger partial charge in [-0.2, -0.15) is 13.2 Å². The molecule has 0 spiro atoms. The molecule has 0 unspecified atom stereocenters. The lowest BCUT2D eigenvalue weighted by atomic mass is 10.0. The normalized spacial score (nSPS) is 14.9. The molecular weight excluding hydrogens is 279 g/mol. The first-order valence-electron chi connectivity index (χ1n) is 7.02. The minimum Gasteiger partial charge on any atom is -0.350 e. The van der Waals surface area contributed by atoms with Crippen molar-refractivity contribution in [1.29, 1.82) is 0 Å². The Morgan fingerprint density at radius 3 is 2.67 bits per heavy atom. The lowest BCUT2D eigenvalue weighted by molar-refractivity contribution is -0.124. The van der Waals surface area contributed by atoms with Crippen LogP contribution < -0.4 is 10.6 Å². The second-order valence-electron chi connectivity index (χ2n) is 5.55. The van der Waals surface area contributed by atoms with E-state index in [0.29, 0.717) is 13.0 Å². The minimum absolute atomic E-state index is 0.327. The van der Waals surface area contributed by atoms with E-state index in [2.05, 4.69) is 22.8 Å². The maximum atomic E-state index is 12.1. The van der Waals surface area contributed by atoms with E-state index in [0.717, 1.165) is 29.6 Å². The zero-order valence-electron chi connectivity index (χ0n) is 11.8. The van der Waals surface area contributed by atoms with Crippen molar-refractivity contribution in [1.82, 2.24) is 15.2 Å². The number of aromatic nitrogens is 1. The van der Waals surface area contributed by atoms with Gasteiger partial charge in [-0.1, -0.05) is 0 Å². The Hall–Kier alpha value is -1.53. The molecule has 114 valence electrons. The number of fused-ring (bicyclic) bond motifs is 2. The van der Waals surface area contributed by atoms with Gasteiger partial charge in [-0.05, 0) is 41.8 Å². The van der Waals surface area contributed by atoms with Crippen LogP contribution in [-0.4, -0.2) is 23.8 Å². The van der Waals surface area contributed by atoms with Crippen molar-refractivity contribution in [2.75, 3.05) is 13.1 Å². The molecule has 2 N–H and O–H groups in total. The van der Waals surface area contributed by atoms with Crippen molar-refractivity contribution in [2.45, 2.75) is 25.7 Å². The predicted octanol–water partition coefficient (Wildman–Crippen LogP) is 2.48. The molecule has 2 heterocycles. The van der Waals surface area contributed by atoms with E-state index in [4.69, 9.17) is 0 Å². The molecule has 1 aliphatic heterocycles. The van der Waals surface area contributed by atoms with Gasteiger partial charge >= 0.3 is 6.18 Å². The Morgan fingerprint density at radius 1 is 1.24 bits per heavy atom. The zero-order chi connectivity index (χ0) is 15.0. The first-order valence-corrected chi connectivity index (χ1v) is 7.02. The van der Waals surface area contributed by atoms with Crippen molar-refractivity contribution in [2.24, 2.45) is 7.05 Å². The number of hydrogen-bond acceptors (Lipinski definition) is 2. The Bertz CT molecular complexity index is 658. The summed E-state index contributed by atoms with van der Waals surface area (Å²) < 4.78 is 38.4. The number of benzene rings is 1. The summed E-state index contributed by atoms with van der Waals surface area (Å²) >= 11 is 0. The zero-order valence-corrected chi connectivity index (χ0v) is 11.8. The Labute approximate surface area is 121 Å². The van der Waals surface area contributed by atoms with Crippen LogP contribution in [0.25, 0.3) is 10.9 Å². The molecule has 0 bridgehead atoms. The Balaban J connectivity index is 1.76. The number of nitrogens with one attached hydrogen (secondary N) is 2. The van der Waals surface area contributed by atoms with Crippen LogP contribution in [-0.2, 0) is 26.6 Å². The number of hydrogen-bond donors (Lipinski definition) is 2. The van der Waals surface area contributed by atoms with E-state index >= 15 is 0 Å². The quantitative estimate of drug-likeness (QED) is 0.849. The third kappa shape index (κ3) is 3.06. The monoisotopic (exact) mass is 297 g/mol. The third-order valence-corrected chi connectivity index (χ3v) is 3.92. The molecule has 0 aliphatic carbocycles. The van der Waals surface area contributed by atoms with Crippen LogP contribution in [0, 0.1) is 0 Å². The summed E-state index contributed by atoms with van der Waals surface area (Å²) in [7, 11) is 1.98. The lowest BCUT2D eigenvalue weighted by Gasteiger charge is -2.07. The summed E-state index contributed by atoms with van der Waals surface area (Å²) in [5.41, 5.74) is 4.84. The van der Waals surface area contributed by atoms with Crippen molar-refractivity contribution in [3.8, 4) is 0 Å². The fraction of sp³-hybridized carbons (Fsp3) is 0.467. The highest BCUT2D eigenvalue weighted by atomic mass is 19.4. The first-order chi connectivity index (χ1) is 9.94. The lowest BCUT2D eigenvalue weighted by Crippen LogP contribution is -2.30. The van der Waals surface area contributed by atoms with Gasteiger partial charge in [0.25, 0.3) is 0 Å². The van der Waals surface area contributed by atoms with Gasteiger partial charge in [0.1, 0.15) is 0 Å². The van der Waals surface area contributed by atoms with Gasteiger partial charge in [-0.25, -0.2) is 0 Å². The molecule has 0 atom stereocenters. The maximum absolute atomic E-state index is 12.1. The molecule has 1 aliphatic rings. The van der Waals surface area contributed by atoms with Crippen LogP contribution in [0.3, 0.4) is 0 Å². The smallest absolute Gasteiger partial charge is 0.350 e. The van der Waals surface area contributed by atoms with Gasteiger partial charge in [0.2, 0.25) is 0 Å². The molecule has 0 amide bonds. The molecule has 3 rings (SSSR count). The van der Waals surface area contributed by atoms with Crippen molar-refractivity contribution in [3.05, 3.63) is 35.0 Å². The largest absolute Gasteiger partial charge is 0.401 e. The Morgan fingerprint density at radius 2 is 1.95 bits per heavy atom. The highest BCUT2D eigenvalue weighted by molar-refractivity contribution is 5.85. The summed E-state index contributed by atoms with van der Waals surface area (Å²) in [5.74, 6) is 0. The summed E-state index contributed by atoms with van der Waals surface area (Å²) in [6.07, 6.45) is -1.53. The molecule has 3 nitrogen and oxygen atoms in total. The van der Waals surface area contributed by atoms with E-state index in [1.165, 1.54) is 11.1 Å². The Kier molecular flexibility index (Phi) is 3.67. The van der Waals surface area contributed by atoms with E-state index in [1.807, 2.05) is 17.8 Å².